The molecule has 1 unspecified atom stereocenters. The lowest BCUT2D eigenvalue weighted by Crippen LogP contribution is -2.21. The Morgan fingerprint density at radius 1 is 1.44 bits per heavy atom. The van der Waals surface area contributed by atoms with Gasteiger partial charge in [-0.15, -0.1) is 11.3 Å². The minimum Gasteiger partial charge on any atom is -0.451 e. The van der Waals surface area contributed by atoms with Crippen LogP contribution in [0, 0.1) is 17.2 Å². The van der Waals surface area contributed by atoms with Crippen LogP contribution in [0.5, 0.6) is 0 Å². The molecule has 2 heterocycles. The van der Waals surface area contributed by atoms with Gasteiger partial charge in [-0.2, -0.15) is 5.26 Å². The number of ether oxygens (including phenoxy) is 1. The van der Waals surface area contributed by atoms with E-state index in [1.54, 1.807) is 0 Å². The van der Waals surface area contributed by atoms with E-state index in [1.165, 1.54) is 23.5 Å². The molecule has 3 rings (SSSR count). The molecular formula is C18H15Cl2N3O3S. The van der Waals surface area contributed by atoms with Crippen LogP contribution in [0.4, 0.5) is 5.00 Å². The topological polar surface area (TPSA) is 92.1 Å². The number of esters is 1. The molecule has 0 radical (unpaired) electrons. The van der Waals surface area contributed by atoms with Crippen molar-refractivity contribution in [1.82, 2.24) is 4.98 Å². The highest BCUT2D eigenvalue weighted by atomic mass is 35.5. The van der Waals surface area contributed by atoms with Crippen molar-refractivity contribution in [2.75, 3.05) is 11.9 Å². The number of rotatable bonds is 4. The molecule has 0 bridgehead atoms. The number of pyridine rings is 1. The number of fused-ring (bicyclic) bond motifs is 1. The van der Waals surface area contributed by atoms with E-state index in [0.717, 1.165) is 29.7 Å². The van der Waals surface area contributed by atoms with Crippen LogP contribution in [0.1, 0.15) is 39.8 Å². The minimum atomic E-state index is -0.850. The molecule has 1 aliphatic rings. The van der Waals surface area contributed by atoms with Crippen LogP contribution >= 0.6 is 34.5 Å². The van der Waals surface area contributed by atoms with Crippen molar-refractivity contribution in [3.05, 3.63) is 44.0 Å². The zero-order chi connectivity index (χ0) is 19.6. The quantitative estimate of drug-likeness (QED) is 0.586. The maximum absolute atomic E-state index is 12.2. The van der Waals surface area contributed by atoms with E-state index >= 15 is 0 Å². The fourth-order valence-electron chi connectivity index (χ4n) is 2.88. The molecule has 2 aromatic rings. The summed E-state index contributed by atoms with van der Waals surface area (Å²) in [5.74, 6) is -0.829. The second-order valence-electron chi connectivity index (χ2n) is 6.26. The fourth-order valence-corrected chi connectivity index (χ4v) is 4.59. The molecule has 140 valence electrons. The molecule has 27 heavy (non-hydrogen) atoms. The number of carbonyl (C=O) groups excluding carboxylic acids is 2. The third-order valence-corrected chi connectivity index (χ3v) is 5.90. The lowest BCUT2D eigenvalue weighted by molar-refractivity contribution is -0.119. The molecule has 1 N–H and O–H groups in total. The van der Waals surface area contributed by atoms with Crippen molar-refractivity contribution < 1.29 is 14.3 Å². The highest BCUT2D eigenvalue weighted by Crippen LogP contribution is 2.39. The van der Waals surface area contributed by atoms with Crippen LogP contribution in [0.2, 0.25) is 10.2 Å². The van der Waals surface area contributed by atoms with Gasteiger partial charge < -0.3 is 10.1 Å². The van der Waals surface area contributed by atoms with Gasteiger partial charge in [-0.25, -0.2) is 9.78 Å². The Kier molecular flexibility index (Phi) is 6.00. The summed E-state index contributed by atoms with van der Waals surface area (Å²) in [5.41, 5.74) is 1.36. The van der Waals surface area contributed by atoms with Crippen LogP contribution < -0.4 is 5.32 Å². The molecule has 1 atom stereocenters. The third kappa shape index (κ3) is 4.41. The maximum Gasteiger partial charge on any atom is 0.359 e. The summed E-state index contributed by atoms with van der Waals surface area (Å²) < 4.78 is 4.96. The Morgan fingerprint density at radius 2 is 2.22 bits per heavy atom. The van der Waals surface area contributed by atoms with Crippen molar-refractivity contribution in [2.24, 2.45) is 5.92 Å². The first-order chi connectivity index (χ1) is 12.9. The first-order valence-corrected chi connectivity index (χ1v) is 9.80. The molecule has 1 amide bonds. The molecule has 0 aromatic carbocycles. The molecule has 0 saturated carbocycles. The number of hydrogen-bond acceptors (Lipinski definition) is 6. The van der Waals surface area contributed by atoms with Crippen molar-refractivity contribution in [2.45, 2.75) is 26.2 Å². The number of amides is 1. The predicted molar refractivity (Wildman–Crippen MR) is 103 cm³/mol. The van der Waals surface area contributed by atoms with Gasteiger partial charge in [0.1, 0.15) is 16.2 Å². The lowest BCUT2D eigenvalue weighted by Gasteiger charge is -2.17. The average Bonchev–Trinajstić information content (AvgIpc) is 2.97. The number of nitrogens with one attached hydrogen (secondary N) is 1. The van der Waals surface area contributed by atoms with E-state index in [9.17, 15) is 14.9 Å². The number of nitriles is 1. The molecule has 0 aliphatic heterocycles. The summed E-state index contributed by atoms with van der Waals surface area (Å²) in [6.45, 7) is 1.65. The highest BCUT2D eigenvalue weighted by Gasteiger charge is 2.25. The van der Waals surface area contributed by atoms with Gasteiger partial charge in [0.2, 0.25) is 0 Å². The number of aromatic nitrogens is 1. The van der Waals surface area contributed by atoms with E-state index in [-0.39, 0.29) is 15.9 Å². The van der Waals surface area contributed by atoms with Gasteiger partial charge in [0.25, 0.3) is 5.91 Å². The predicted octanol–water partition coefficient (Wildman–Crippen LogP) is 4.24. The van der Waals surface area contributed by atoms with Crippen LogP contribution in [0.15, 0.2) is 12.1 Å². The summed E-state index contributed by atoms with van der Waals surface area (Å²) in [7, 11) is 0. The smallest absolute Gasteiger partial charge is 0.359 e. The Morgan fingerprint density at radius 3 is 2.96 bits per heavy atom. The van der Waals surface area contributed by atoms with E-state index in [4.69, 9.17) is 27.9 Å². The lowest BCUT2D eigenvalue weighted by atomic mass is 9.89. The number of carbonyl (C=O) groups is 2. The Hall–Kier alpha value is -2.14. The van der Waals surface area contributed by atoms with Gasteiger partial charge in [0.05, 0.1) is 10.6 Å². The number of anilines is 1. The van der Waals surface area contributed by atoms with E-state index in [0.29, 0.717) is 16.5 Å². The first-order valence-electron chi connectivity index (χ1n) is 8.22. The van der Waals surface area contributed by atoms with Crippen LogP contribution in [-0.2, 0) is 22.4 Å². The van der Waals surface area contributed by atoms with E-state index in [2.05, 4.69) is 23.3 Å². The molecule has 0 spiro atoms. The Bertz CT molecular complexity index is 952. The van der Waals surface area contributed by atoms with Gasteiger partial charge in [-0.3, -0.25) is 4.79 Å². The van der Waals surface area contributed by atoms with Gasteiger partial charge in [0, 0.05) is 4.88 Å². The van der Waals surface area contributed by atoms with E-state index in [1.807, 2.05) is 0 Å². The van der Waals surface area contributed by atoms with Crippen LogP contribution in [0.25, 0.3) is 0 Å². The number of hydrogen-bond donors (Lipinski definition) is 1. The molecule has 6 nitrogen and oxygen atoms in total. The maximum atomic E-state index is 12.2. The molecule has 0 saturated heterocycles. The van der Waals surface area contributed by atoms with Gasteiger partial charge in [0.15, 0.2) is 12.3 Å². The second-order valence-corrected chi connectivity index (χ2v) is 8.16. The molecule has 2 aromatic heterocycles. The van der Waals surface area contributed by atoms with Crippen molar-refractivity contribution in [3.63, 3.8) is 0 Å². The van der Waals surface area contributed by atoms with Crippen molar-refractivity contribution >= 4 is 51.4 Å². The van der Waals surface area contributed by atoms with Gasteiger partial charge >= 0.3 is 5.97 Å². The fraction of sp³-hybridized carbons (Fsp3) is 0.333. The monoisotopic (exact) mass is 423 g/mol. The SMILES string of the molecule is CC1CCc2c(sc(NC(=O)COC(=O)c3nc(Cl)ccc3Cl)c2C#N)C1. The number of nitrogens with zero attached hydrogens (tertiary/aromatic N) is 2. The van der Waals surface area contributed by atoms with Gasteiger partial charge in [-0.05, 0) is 42.9 Å². The average molecular weight is 424 g/mol. The van der Waals surface area contributed by atoms with E-state index < -0.39 is 18.5 Å². The first kappa shape index (κ1) is 19.6. The number of halogens is 2. The normalized spacial score (nSPS) is 15.6. The Balaban J connectivity index is 1.66. The zero-order valence-corrected chi connectivity index (χ0v) is 16.7. The largest absolute Gasteiger partial charge is 0.451 e. The van der Waals surface area contributed by atoms with Crippen molar-refractivity contribution in [3.8, 4) is 6.07 Å². The third-order valence-electron chi connectivity index (χ3n) is 4.22. The standard InChI is InChI=1S/C18H15Cl2N3O3S/c1-9-2-3-10-11(7-21)17(27-13(10)6-9)23-15(24)8-26-18(25)16-12(19)4-5-14(20)22-16/h4-5,9H,2-3,6,8H2,1H3,(H,23,24). The minimum absolute atomic E-state index is 0.0802. The van der Waals surface area contributed by atoms with Crippen LogP contribution in [0.3, 0.4) is 0 Å². The molecule has 1 aliphatic carbocycles. The van der Waals surface area contributed by atoms with Crippen molar-refractivity contribution in [1.29, 1.82) is 5.26 Å². The summed E-state index contributed by atoms with van der Waals surface area (Å²) in [6.07, 6.45) is 2.76. The van der Waals surface area contributed by atoms with Crippen LogP contribution in [-0.4, -0.2) is 23.5 Å². The molecule has 0 fully saturated rings. The Labute approximate surface area is 170 Å². The molecule has 9 heteroatoms. The summed E-state index contributed by atoms with van der Waals surface area (Å²) >= 11 is 13.0. The summed E-state index contributed by atoms with van der Waals surface area (Å²) in [4.78, 5) is 29.1. The summed E-state index contributed by atoms with van der Waals surface area (Å²) in [5, 5.41) is 12.8. The summed E-state index contributed by atoms with van der Waals surface area (Å²) in [6, 6.07) is 5.04. The van der Waals surface area contributed by atoms with Gasteiger partial charge in [-0.1, -0.05) is 30.1 Å². The zero-order valence-electron chi connectivity index (χ0n) is 14.3. The number of thiophene rings is 1. The second kappa shape index (κ2) is 8.26. The molecular weight excluding hydrogens is 409 g/mol. The highest BCUT2D eigenvalue weighted by molar-refractivity contribution is 7.16.